The van der Waals surface area contributed by atoms with Gasteiger partial charge in [-0.15, -0.1) is 0 Å². The molecule has 6 heteroatoms. The van der Waals surface area contributed by atoms with Gasteiger partial charge in [0.2, 0.25) is 0 Å². The van der Waals surface area contributed by atoms with Crippen molar-refractivity contribution in [1.82, 2.24) is 28.7 Å². The summed E-state index contributed by atoms with van der Waals surface area (Å²) in [7, 11) is 0. The monoisotopic (exact) mass is 830 g/mol. The van der Waals surface area contributed by atoms with Crippen LogP contribution in [0.15, 0.2) is 231 Å². The standard InChI is InChI=1S/C59H38N6/c1-5-16-39(17-6-1)57-60-58(40-18-7-2-8-19-40)62-59(61-57)43-20-15-25-46(36-43)65-55-32-29-42(38-51(55)48-30-33-52-49(56(48)65)34-35-63(52)44-21-9-3-10-22-44)41-28-31-54-50(37-41)47-26-13-14-27-53(47)64(54)45-23-11-4-12-24-45/h1-38H. The molecule has 0 saturated heterocycles. The second-order valence-corrected chi connectivity index (χ2v) is 16.5. The fourth-order valence-corrected chi connectivity index (χ4v) is 9.72. The van der Waals surface area contributed by atoms with E-state index in [4.69, 9.17) is 15.0 Å². The highest BCUT2D eigenvalue weighted by Crippen LogP contribution is 2.41. The lowest BCUT2D eigenvalue weighted by Crippen LogP contribution is -2.01. The molecule has 0 aliphatic rings. The molecular formula is C59H38N6. The van der Waals surface area contributed by atoms with Gasteiger partial charge in [-0.05, 0) is 90.0 Å². The number of para-hydroxylation sites is 3. The first-order valence-electron chi connectivity index (χ1n) is 21.9. The molecule has 0 unspecified atom stereocenters. The Bertz CT molecular complexity index is 3870. The van der Waals surface area contributed by atoms with E-state index in [0.29, 0.717) is 17.5 Å². The van der Waals surface area contributed by atoms with Gasteiger partial charge in [0.1, 0.15) is 0 Å². The molecule has 0 bridgehead atoms. The number of fused-ring (bicyclic) bond motifs is 8. The number of aromatic nitrogens is 6. The predicted molar refractivity (Wildman–Crippen MR) is 267 cm³/mol. The lowest BCUT2D eigenvalue weighted by molar-refractivity contribution is 1.07. The van der Waals surface area contributed by atoms with Crippen molar-refractivity contribution in [1.29, 1.82) is 0 Å². The van der Waals surface area contributed by atoms with Gasteiger partial charge in [-0.2, -0.15) is 0 Å². The fraction of sp³-hybridized carbons (Fsp3) is 0. The van der Waals surface area contributed by atoms with Gasteiger partial charge >= 0.3 is 0 Å². The van der Waals surface area contributed by atoms with Crippen LogP contribution < -0.4 is 0 Å². The number of benzene rings is 9. The van der Waals surface area contributed by atoms with Gasteiger partial charge in [-0.1, -0.05) is 146 Å². The SMILES string of the molecule is c1ccc(-c2nc(-c3ccccc3)nc(-c3cccc(-n4c5ccc(-c6ccc7c(c6)c6ccccc6n7-c6ccccc6)cc5c5ccc6c(ccn6-c6ccccc6)c54)c3)n2)cc1. The molecular weight excluding hydrogens is 793 g/mol. The molecule has 304 valence electrons. The third kappa shape index (κ3) is 6.07. The lowest BCUT2D eigenvalue weighted by Gasteiger charge is -2.12. The molecule has 0 aliphatic carbocycles. The first-order chi connectivity index (χ1) is 32.2. The highest BCUT2D eigenvalue weighted by atomic mass is 15.0. The maximum absolute atomic E-state index is 5.10. The van der Waals surface area contributed by atoms with Crippen molar-refractivity contribution in [3.63, 3.8) is 0 Å². The highest BCUT2D eigenvalue weighted by molar-refractivity contribution is 6.19. The Hall–Kier alpha value is -8.87. The molecule has 0 fully saturated rings. The molecule has 4 heterocycles. The van der Waals surface area contributed by atoms with Crippen molar-refractivity contribution in [3.8, 4) is 62.4 Å². The Balaban J connectivity index is 1.02. The van der Waals surface area contributed by atoms with E-state index < -0.39 is 0 Å². The third-order valence-corrected chi connectivity index (χ3v) is 12.7. The topological polar surface area (TPSA) is 53.5 Å². The first-order valence-corrected chi connectivity index (χ1v) is 21.9. The molecule has 13 aromatic rings. The van der Waals surface area contributed by atoms with Crippen LogP contribution in [0.3, 0.4) is 0 Å². The number of rotatable bonds is 7. The molecule has 4 aromatic heterocycles. The Morgan fingerprint density at radius 1 is 0.262 bits per heavy atom. The maximum Gasteiger partial charge on any atom is 0.164 e. The summed E-state index contributed by atoms with van der Waals surface area (Å²) in [6.07, 6.45) is 2.19. The second-order valence-electron chi connectivity index (χ2n) is 16.5. The minimum absolute atomic E-state index is 0.618. The van der Waals surface area contributed by atoms with Crippen molar-refractivity contribution in [2.75, 3.05) is 0 Å². The van der Waals surface area contributed by atoms with Crippen LogP contribution in [0.2, 0.25) is 0 Å². The largest absolute Gasteiger partial charge is 0.316 e. The van der Waals surface area contributed by atoms with Gasteiger partial charge < -0.3 is 13.7 Å². The van der Waals surface area contributed by atoms with Crippen LogP contribution in [-0.4, -0.2) is 28.7 Å². The molecule has 0 aliphatic heterocycles. The summed E-state index contributed by atoms with van der Waals surface area (Å²) in [5.41, 5.74) is 14.2. The van der Waals surface area contributed by atoms with Gasteiger partial charge in [-0.3, -0.25) is 0 Å². The molecule has 65 heavy (non-hydrogen) atoms. The fourth-order valence-electron chi connectivity index (χ4n) is 9.72. The highest BCUT2D eigenvalue weighted by Gasteiger charge is 2.20. The first kappa shape index (κ1) is 36.8. The summed E-state index contributed by atoms with van der Waals surface area (Å²) in [5, 5.41) is 6.00. The van der Waals surface area contributed by atoms with Crippen LogP contribution in [0.1, 0.15) is 0 Å². The van der Waals surface area contributed by atoms with Gasteiger partial charge in [0.05, 0.1) is 27.6 Å². The summed E-state index contributed by atoms with van der Waals surface area (Å²) in [5.74, 6) is 1.89. The normalized spacial score (nSPS) is 11.7. The quantitative estimate of drug-likeness (QED) is 0.161. The predicted octanol–water partition coefficient (Wildman–Crippen LogP) is 14.7. The van der Waals surface area contributed by atoms with E-state index in [2.05, 4.69) is 184 Å². The van der Waals surface area contributed by atoms with Crippen LogP contribution in [0.25, 0.3) is 117 Å². The van der Waals surface area contributed by atoms with Crippen molar-refractivity contribution < 1.29 is 0 Å². The summed E-state index contributed by atoms with van der Waals surface area (Å²) >= 11 is 0. The van der Waals surface area contributed by atoms with Crippen molar-refractivity contribution >= 4 is 54.5 Å². The average Bonchev–Trinajstić information content (AvgIpc) is 4.07. The zero-order valence-electron chi connectivity index (χ0n) is 35.1. The molecule has 0 spiro atoms. The van der Waals surface area contributed by atoms with Gasteiger partial charge in [-0.25, -0.2) is 15.0 Å². The summed E-state index contributed by atoms with van der Waals surface area (Å²) in [6.45, 7) is 0. The molecule has 0 amide bonds. The van der Waals surface area contributed by atoms with Crippen molar-refractivity contribution in [3.05, 3.63) is 231 Å². The van der Waals surface area contributed by atoms with Crippen LogP contribution in [0, 0.1) is 0 Å². The zero-order valence-corrected chi connectivity index (χ0v) is 35.1. The Morgan fingerprint density at radius 2 is 0.754 bits per heavy atom. The zero-order chi connectivity index (χ0) is 42.8. The van der Waals surface area contributed by atoms with Crippen LogP contribution in [0.4, 0.5) is 0 Å². The number of hydrogen-bond donors (Lipinski definition) is 0. The van der Waals surface area contributed by atoms with Crippen LogP contribution >= 0.6 is 0 Å². The minimum atomic E-state index is 0.618. The van der Waals surface area contributed by atoms with Gasteiger partial charge in [0.15, 0.2) is 17.5 Å². The number of nitrogens with zero attached hydrogens (tertiary/aromatic N) is 6. The molecule has 0 atom stereocenters. The Labute approximate surface area is 374 Å². The Kier molecular flexibility index (Phi) is 8.42. The van der Waals surface area contributed by atoms with Crippen molar-refractivity contribution in [2.45, 2.75) is 0 Å². The lowest BCUT2D eigenvalue weighted by atomic mass is 10.0. The van der Waals surface area contributed by atoms with E-state index in [-0.39, 0.29) is 0 Å². The molecule has 9 aromatic carbocycles. The van der Waals surface area contributed by atoms with E-state index in [0.717, 1.165) is 55.9 Å². The third-order valence-electron chi connectivity index (χ3n) is 12.7. The van der Waals surface area contributed by atoms with E-state index in [1.165, 1.54) is 43.5 Å². The van der Waals surface area contributed by atoms with Crippen LogP contribution in [-0.2, 0) is 0 Å². The number of hydrogen-bond acceptors (Lipinski definition) is 3. The summed E-state index contributed by atoms with van der Waals surface area (Å²) in [6, 6.07) is 79.5. The van der Waals surface area contributed by atoms with E-state index in [1.807, 2.05) is 60.7 Å². The minimum Gasteiger partial charge on any atom is -0.316 e. The molecule has 6 nitrogen and oxygen atoms in total. The van der Waals surface area contributed by atoms with E-state index >= 15 is 0 Å². The van der Waals surface area contributed by atoms with E-state index in [9.17, 15) is 0 Å². The van der Waals surface area contributed by atoms with E-state index in [1.54, 1.807) is 0 Å². The Morgan fingerprint density at radius 3 is 1.42 bits per heavy atom. The van der Waals surface area contributed by atoms with Gasteiger partial charge in [0, 0.05) is 66.9 Å². The second kappa shape index (κ2) is 14.9. The average molecular weight is 831 g/mol. The molecule has 0 saturated carbocycles. The van der Waals surface area contributed by atoms with Gasteiger partial charge in [0.25, 0.3) is 0 Å². The van der Waals surface area contributed by atoms with Crippen LogP contribution in [0.5, 0.6) is 0 Å². The summed E-state index contributed by atoms with van der Waals surface area (Å²) < 4.78 is 7.07. The van der Waals surface area contributed by atoms with Crippen molar-refractivity contribution in [2.24, 2.45) is 0 Å². The molecule has 13 rings (SSSR count). The maximum atomic E-state index is 5.10. The molecule has 0 N–H and O–H groups in total. The summed E-state index contributed by atoms with van der Waals surface area (Å²) in [4.78, 5) is 15.2. The molecule has 0 radical (unpaired) electrons. The smallest absolute Gasteiger partial charge is 0.164 e.